The zero-order valence-electron chi connectivity index (χ0n) is 67.5. The maximum absolute atomic E-state index is 13.0. The van der Waals surface area contributed by atoms with Crippen molar-refractivity contribution in [2.75, 3.05) is 33.4 Å². The molecule has 608 valence electrons. The lowest BCUT2D eigenvalue weighted by atomic mass is 10.1. The fourth-order valence-electron chi connectivity index (χ4n) is 15.3. The number of methoxy groups -OCH3 is 1. The summed E-state index contributed by atoms with van der Waals surface area (Å²) in [5, 5.41) is 50.6. The van der Waals surface area contributed by atoms with Crippen LogP contribution in [0.25, 0.3) is 109 Å². The minimum Gasteiger partial charge on any atom is -0.497 e. The molecule has 8 aromatic carbocycles. The van der Waals surface area contributed by atoms with E-state index in [1.54, 1.807) is 20.8 Å². The first-order valence-corrected chi connectivity index (χ1v) is 40.0. The molecule has 27 heteroatoms. The van der Waals surface area contributed by atoms with Gasteiger partial charge >= 0.3 is 0 Å². The summed E-state index contributed by atoms with van der Waals surface area (Å²) in [7, 11) is 1.62. The zero-order chi connectivity index (χ0) is 83.1. The van der Waals surface area contributed by atoms with Gasteiger partial charge in [-0.25, -0.2) is 0 Å². The van der Waals surface area contributed by atoms with Gasteiger partial charge in [0.25, 0.3) is 27.8 Å². The molecular formula is C92H97N19O8. The summed E-state index contributed by atoms with van der Waals surface area (Å²) in [6, 6.07) is 67.3. The van der Waals surface area contributed by atoms with E-state index < -0.39 is 0 Å². The highest BCUT2D eigenvalue weighted by Crippen LogP contribution is 2.30. The molecule has 0 fully saturated rings. The van der Waals surface area contributed by atoms with Gasteiger partial charge in [-0.15, -0.1) is 0 Å². The number of para-hydroxylation sites is 4. The monoisotopic (exact) mass is 1600 g/mol. The fourth-order valence-corrected chi connectivity index (χ4v) is 15.3. The van der Waals surface area contributed by atoms with Crippen molar-refractivity contribution in [3.05, 3.63) is 303 Å². The Labute approximate surface area is 683 Å². The topological polar surface area (TPSA) is 365 Å². The number of carbonyl (C=O) groups excluding carboxylic acids is 1. The average Bonchev–Trinajstić information content (AvgIpc) is 1.71. The predicted molar refractivity (Wildman–Crippen MR) is 473 cm³/mol. The van der Waals surface area contributed by atoms with Crippen LogP contribution in [0.4, 0.5) is 0 Å². The molecule has 0 aliphatic rings. The highest BCUT2D eigenvalue weighted by atomic mass is 16.5. The number of nitrogens with one attached hydrogen (secondary N) is 7. The van der Waals surface area contributed by atoms with Gasteiger partial charge in [0.05, 0.1) is 68.2 Å². The first-order chi connectivity index (χ1) is 58.1. The molecule has 0 spiro atoms. The largest absolute Gasteiger partial charge is 0.497 e. The molecule has 0 saturated heterocycles. The van der Waals surface area contributed by atoms with Crippen LogP contribution in [0.2, 0.25) is 0 Å². The van der Waals surface area contributed by atoms with Crippen molar-refractivity contribution >= 4 is 115 Å². The molecule has 0 aliphatic carbocycles. The van der Waals surface area contributed by atoms with Crippen molar-refractivity contribution in [3.8, 4) is 5.75 Å². The second-order valence-corrected chi connectivity index (χ2v) is 29.3. The van der Waals surface area contributed by atoms with Crippen LogP contribution in [0.3, 0.4) is 0 Å². The standard InChI is InChI=1S/C21H20N4O2.C21H22N4O.C21H21N3O2.C15H18N4O2.C14H16N4O/c1-14-19-20(24-23-14)16-9-5-6-10-17(16)25(21(19)27)12-11-18(26)22-13-15-7-3-2-4-8-15;1-15-19-20(24-23-15)17-10-5-6-11-18(17)25(21(19)26)13-7-12-22-14-16-8-3-2-4-9-16;1-15-19-20(23-22-15)17-10-5-6-11-18(17)24(21(19)25)12-7-13-26-14-16-8-3-2-4-9-16;1-9-13-14(18-17-9)11-8-10(21-2)4-5-12(11)19(15(13)20)7-3-6-16;1-9-12-13(17-16-9)10-5-2-3-6-11(10)18(14(12)19)8-4-7-15/h2-10H,11-13H2,1H3,(H,22,26)(H,23,24);2-6,8-11,22H,7,12-14H2,1H3,(H,23,24);2-6,8-11H,7,12-14H2,1H3,(H,22,23);4-5,8H,3,6-7,16H2,1-2H3,(H,17,18);2-3,5-6H,4,7-8,15H2,1H3,(H,16,17). The van der Waals surface area contributed by atoms with E-state index in [4.69, 9.17) is 20.9 Å². The van der Waals surface area contributed by atoms with Crippen LogP contribution in [0.15, 0.2) is 230 Å². The van der Waals surface area contributed by atoms with Crippen molar-refractivity contribution < 1.29 is 14.3 Å². The van der Waals surface area contributed by atoms with Gasteiger partial charge in [0, 0.05) is 114 Å². The Hall–Kier alpha value is -13.7. The molecule has 18 aromatic rings. The van der Waals surface area contributed by atoms with Crippen molar-refractivity contribution in [2.45, 2.75) is 119 Å². The Balaban J connectivity index is 0.000000123. The number of benzene rings is 8. The summed E-state index contributed by atoms with van der Waals surface area (Å²) in [5.74, 6) is 0.660. The van der Waals surface area contributed by atoms with Gasteiger partial charge in [0.2, 0.25) is 5.91 Å². The molecular weight excluding hydrogens is 1500 g/mol. The molecule has 0 radical (unpaired) electrons. The van der Waals surface area contributed by atoms with Crippen LogP contribution < -0.4 is 54.6 Å². The Kier molecular flexibility index (Phi) is 26.1. The van der Waals surface area contributed by atoms with Gasteiger partial charge in [-0.3, -0.25) is 54.3 Å². The fraction of sp³-hybridized carbons (Fsp3) is 0.250. The molecule has 0 saturated carbocycles. The number of fused-ring (bicyclic) bond motifs is 15. The second-order valence-electron chi connectivity index (χ2n) is 29.3. The van der Waals surface area contributed by atoms with E-state index >= 15 is 0 Å². The Morgan fingerprint density at radius 2 is 0.689 bits per heavy atom. The average molecular weight is 1600 g/mol. The van der Waals surface area contributed by atoms with E-state index in [9.17, 15) is 28.8 Å². The van der Waals surface area contributed by atoms with Gasteiger partial charge in [0.15, 0.2) is 0 Å². The van der Waals surface area contributed by atoms with Gasteiger partial charge in [0.1, 0.15) is 33.3 Å². The number of carbonyl (C=O) groups is 1. The van der Waals surface area contributed by atoms with Gasteiger partial charge in [-0.05, 0) is 139 Å². The number of aromatic amines is 5. The van der Waals surface area contributed by atoms with E-state index in [0.717, 1.165) is 155 Å². The minimum atomic E-state index is -0.120. The molecule has 0 unspecified atom stereocenters. The number of hydrogen-bond acceptors (Lipinski definition) is 16. The zero-order valence-corrected chi connectivity index (χ0v) is 67.5. The third kappa shape index (κ3) is 17.7. The van der Waals surface area contributed by atoms with E-state index in [1.165, 1.54) is 5.56 Å². The van der Waals surface area contributed by atoms with E-state index in [-0.39, 0.29) is 40.1 Å². The molecule has 0 atom stereocenters. The van der Waals surface area contributed by atoms with Crippen molar-refractivity contribution in [1.82, 2.24) is 84.5 Å². The number of aromatic nitrogens is 15. The van der Waals surface area contributed by atoms with E-state index in [2.05, 4.69) is 73.8 Å². The summed E-state index contributed by atoms with van der Waals surface area (Å²) in [4.78, 5) is 76.5. The SMILES string of the molecule is COc1ccc2c(c1)c1n[nH]c(C)c1c(=O)n2CCCN.Cc1[nH]nc2c1c(=O)n(CCC(=O)NCc1ccccc1)c1ccccc21.Cc1[nH]nc2c1c(=O)n(CCCN)c1ccccc21.Cc1[nH]nc2c1c(=O)n(CCCNCc1ccccc1)c1ccccc21.Cc1[nH]nc2c1c(=O)n(CCCOCc1ccccc1)c1ccccc21. The van der Waals surface area contributed by atoms with Gasteiger partial charge in [-0.1, -0.05) is 164 Å². The Bertz CT molecular complexity index is 6770. The number of hydrogen-bond donors (Lipinski definition) is 9. The quantitative estimate of drug-likeness (QED) is 0.0254. The van der Waals surface area contributed by atoms with Gasteiger partial charge in [-0.2, -0.15) is 25.5 Å². The van der Waals surface area contributed by atoms with Crippen LogP contribution in [0, 0.1) is 34.6 Å². The summed E-state index contributed by atoms with van der Waals surface area (Å²) < 4.78 is 20.0. The lowest BCUT2D eigenvalue weighted by molar-refractivity contribution is -0.121. The number of nitrogens with zero attached hydrogens (tertiary/aromatic N) is 10. The number of rotatable bonds is 24. The summed E-state index contributed by atoms with van der Waals surface area (Å²) in [6.45, 7) is 16.7. The van der Waals surface area contributed by atoms with Crippen molar-refractivity contribution in [2.24, 2.45) is 11.5 Å². The van der Waals surface area contributed by atoms with Crippen LogP contribution in [-0.4, -0.2) is 113 Å². The summed E-state index contributed by atoms with van der Waals surface area (Å²) in [6.07, 6.45) is 3.44. The number of ether oxygens (including phenoxy) is 2. The molecule has 0 aliphatic heterocycles. The Morgan fingerprint density at radius 1 is 0.370 bits per heavy atom. The highest BCUT2D eigenvalue weighted by molar-refractivity contribution is 6.08. The third-order valence-electron chi connectivity index (χ3n) is 21.3. The maximum Gasteiger partial charge on any atom is 0.262 e. The van der Waals surface area contributed by atoms with Crippen LogP contribution >= 0.6 is 0 Å². The molecule has 1 amide bonds. The molecule has 119 heavy (non-hydrogen) atoms. The molecule has 18 rings (SSSR count). The lowest BCUT2D eigenvalue weighted by Crippen LogP contribution is -2.27. The second kappa shape index (κ2) is 37.9. The normalized spacial score (nSPS) is 11.4. The van der Waals surface area contributed by atoms with E-state index in [1.807, 2.05) is 238 Å². The number of pyridine rings is 5. The molecule has 0 bridgehead atoms. The summed E-state index contributed by atoms with van der Waals surface area (Å²) >= 11 is 0. The lowest BCUT2D eigenvalue weighted by Gasteiger charge is -2.12. The maximum atomic E-state index is 13.0. The van der Waals surface area contributed by atoms with Crippen LogP contribution in [0.1, 0.15) is 77.3 Å². The smallest absolute Gasteiger partial charge is 0.262 e. The predicted octanol–water partition coefficient (Wildman–Crippen LogP) is 13.1. The van der Waals surface area contributed by atoms with Crippen LogP contribution in [0.5, 0.6) is 5.75 Å². The van der Waals surface area contributed by atoms with Gasteiger partial charge < -0.3 is 54.4 Å². The van der Waals surface area contributed by atoms with Crippen molar-refractivity contribution in [1.29, 1.82) is 0 Å². The third-order valence-corrected chi connectivity index (χ3v) is 21.3. The van der Waals surface area contributed by atoms with Crippen molar-refractivity contribution in [3.63, 3.8) is 0 Å². The Morgan fingerprint density at radius 3 is 1.07 bits per heavy atom. The van der Waals surface area contributed by atoms with Crippen LogP contribution in [-0.2, 0) is 62.0 Å². The number of nitrogens with two attached hydrogens (primary N) is 2. The highest BCUT2D eigenvalue weighted by Gasteiger charge is 2.21. The molecule has 10 aromatic heterocycles. The first kappa shape index (κ1) is 81.8. The minimum absolute atomic E-state index is 0.00742. The molecule has 27 nitrogen and oxygen atoms in total. The van der Waals surface area contributed by atoms with E-state index in [0.29, 0.717) is 104 Å². The molecule has 11 N–H and O–H groups in total. The molecule has 10 heterocycles. The summed E-state index contributed by atoms with van der Waals surface area (Å²) in [5.41, 5.74) is 26.5. The number of H-pyrrole nitrogens is 5. The number of amides is 1. The number of aryl methyl sites for hydroxylation is 10. The first-order valence-electron chi connectivity index (χ1n) is 40.0.